The average Bonchev–Trinajstić information content (AvgIpc) is 2.21. The zero-order chi connectivity index (χ0) is 11.6. The summed E-state index contributed by atoms with van der Waals surface area (Å²) in [7, 11) is 0. The SMILES string of the molecule is CCC(C)(N)C(=O)c1cccc(Cl)c1Cl. The maximum absolute atomic E-state index is 12.0. The topological polar surface area (TPSA) is 43.1 Å². The zero-order valence-corrected chi connectivity index (χ0v) is 10.2. The van der Waals surface area contributed by atoms with Crippen LogP contribution in [0.4, 0.5) is 0 Å². The molecule has 0 spiro atoms. The minimum absolute atomic E-state index is 0.183. The zero-order valence-electron chi connectivity index (χ0n) is 8.68. The fourth-order valence-corrected chi connectivity index (χ4v) is 1.53. The van der Waals surface area contributed by atoms with E-state index in [0.29, 0.717) is 17.0 Å². The highest BCUT2D eigenvalue weighted by molar-refractivity contribution is 6.44. The molecule has 1 aromatic carbocycles. The van der Waals surface area contributed by atoms with Crippen LogP contribution in [-0.4, -0.2) is 11.3 Å². The van der Waals surface area contributed by atoms with E-state index in [1.165, 1.54) is 0 Å². The summed E-state index contributed by atoms with van der Waals surface area (Å²) >= 11 is 11.8. The van der Waals surface area contributed by atoms with Gasteiger partial charge < -0.3 is 5.73 Å². The fraction of sp³-hybridized carbons (Fsp3) is 0.364. The van der Waals surface area contributed by atoms with Gasteiger partial charge in [0.15, 0.2) is 5.78 Å². The molecule has 0 aliphatic carbocycles. The van der Waals surface area contributed by atoms with Gasteiger partial charge in [-0.3, -0.25) is 4.79 Å². The van der Waals surface area contributed by atoms with Gasteiger partial charge in [0.2, 0.25) is 0 Å². The van der Waals surface area contributed by atoms with E-state index in [2.05, 4.69) is 0 Å². The third-order valence-electron chi connectivity index (χ3n) is 2.45. The molecule has 1 atom stereocenters. The first kappa shape index (κ1) is 12.5. The molecule has 2 N–H and O–H groups in total. The molecular formula is C11H13Cl2NO. The second-order valence-electron chi connectivity index (χ2n) is 3.70. The highest BCUT2D eigenvalue weighted by Gasteiger charge is 2.29. The summed E-state index contributed by atoms with van der Waals surface area (Å²) in [5.74, 6) is -0.183. The summed E-state index contributed by atoms with van der Waals surface area (Å²) in [6.07, 6.45) is 0.550. The van der Waals surface area contributed by atoms with E-state index in [4.69, 9.17) is 28.9 Å². The molecule has 15 heavy (non-hydrogen) atoms. The first-order valence-corrected chi connectivity index (χ1v) is 5.43. The van der Waals surface area contributed by atoms with Crippen LogP contribution in [0.2, 0.25) is 10.0 Å². The molecule has 1 unspecified atom stereocenters. The van der Waals surface area contributed by atoms with Crippen LogP contribution in [0.25, 0.3) is 0 Å². The molecule has 1 aromatic rings. The van der Waals surface area contributed by atoms with Crippen molar-refractivity contribution >= 4 is 29.0 Å². The number of hydrogen-bond acceptors (Lipinski definition) is 2. The number of hydrogen-bond donors (Lipinski definition) is 1. The highest BCUT2D eigenvalue weighted by atomic mass is 35.5. The van der Waals surface area contributed by atoms with Crippen LogP contribution in [0.3, 0.4) is 0 Å². The second kappa shape index (κ2) is 4.52. The van der Waals surface area contributed by atoms with Gasteiger partial charge in [0.05, 0.1) is 15.6 Å². The van der Waals surface area contributed by atoms with Crippen molar-refractivity contribution in [2.24, 2.45) is 5.73 Å². The van der Waals surface area contributed by atoms with Gasteiger partial charge in [-0.05, 0) is 25.5 Å². The normalized spacial score (nSPS) is 14.7. The number of carbonyl (C=O) groups is 1. The number of benzene rings is 1. The van der Waals surface area contributed by atoms with Gasteiger partial charge in [-0.15, -0.1) is 0 Å². The van der Waals surface area contributed by atoms with Crippen molar-refractivity contribution in [3.63, 3.8) is 0 Å². The molecule has 2 nitrogen and oxygen atoms in total. The molecule has 0 fully saturated rings. The minimum Gasteiger partial charge on any atom is -0.319 e. The van der Waals surface area contributed by atoms with Crippen molar-refractivity contribution in [1.82, 2.24) is 0 Å². The third kappa shape index (κ3) is 2.51. The Bertz CT molecular complexity index is 388. The first-order chi connectivity index (χ1) is 6.90. The average molecular weight is 246 g/mol. The summed E-state index contributed by atoms with van der Waals surface area (Å²) in [6, 6.07) is 4.96. The van der Waals surface area contributed by atoms with Crippen LogP contribution in [0.5, 0.6) is 0 Å². The summed E-state index contributed by atoms with van der Waals surface area (Å²) < 4.78 is 0. The van der Waals surface area contributed by atoms with E-state index in [1.54, 1.807) is 25.1 Å². The van der Waals surface area contributed by atoms with Crippen LogP contribution < -0.4 is 5.73 Å². The summed E-state index contributed by atoms with van der Waals surface area (Å²) in [5, 5.41) is 0.642. The lowest BCUT2D eigenvalue weighted by Gasteiger charge is -2.21. The molecule has 0 amide bonds. The Labute approximate surface area is 99.4 Å². The maximum atomic E-state index is 12.0. The molecule has 1 rings (SSSR count). The maximum Gasteiger partial charge on any atom is 0.183 e. The van der Waals surface area contributed by atoms with E-state index in [-0.39, 0.29) is 10.8 Å². The third-order valence-corrected chi connectivity index (χ3v) is 3.27. The predicted molar refractivity (Wildman–Crippen MR) is 63.7 cm³/mol. The van der Waals surface area contributed by atoms with Gasteiger partial charge >= 0.3 is 0 Å². The van der Waals surface area contributed by atoms with E-state index in [1.807, 2.05) is 6.92 Å². The molecule has 0 saturated heterocycles. The molecule has 0 aliphatic rings. The van der Waals surface area contributed by atoms with E-state index >= 15 is 0 Å². The molecule has 0 bridgehead atoms. The highest BCUT2D eigenvalue weighted by Crippen LogP contribution is 2.28. The molecular weight excluding hydrogens is 233 g/mol. The Morgan fingerprint density at radius 3 is 2.60 bits per heavy atom. The quantitative estimate of drug-likeness (QED) is 0.831. The van der Waals surface area contributed by atoms with Gasteiger partial charge in [0, 0.05) is 5.56 Å². The summed E-state index contributed by atoms with van der Waals surface area (Å²) in [4.78, 5) is 12.0. The van der Waals surface area contributed by atoms with Crippen LogP contribution in [0.15, 0.2) is 18.2 Å². The molecule has 0 aromatic heterocycles. The number of halogens is 2. The lowest BCUT2D eigenvalue weighted by atomic mass is 9.90. The molecule has 0 heterocycles. The van der Waals surface area contributed by atoms with Crippen LogP contribution in [-0.2, 0) is 0 Å². The van der Waals surface area contributed by atoms with Gasteiger partial charge in [-0.2, -0.15) is 0 Å². The van der Waals surface area contributed by atoms with Gasteiger partial charge in [-0.1, -0.05) is 36.2 Å². The lowest BCUT2D eigenvalue weighted by Crippen LogP contribution is -2.44. The monoisotopic (exact) mass is 245 g/mol. The minimum atomic E-state index is -0.895. The largest absolute Gasteiger partial charge is 0.319 e. The first-order valence-electron chi connectivity index (χ1n) is 4.68. The van der Waals surface area contributed by atoms with Crippen molar-refractivity contribution in [2.75, 3.05) is 0 Å². The van der Waals surface area contributed by atoms with Gasteiger partial charge in [0.1, 0.15) is 0 Å². The number of Topliss-reactive ketones (excluding diaryl/α,β-unsaturated/α-hetero) is 1. The second-order valence-corrected chi connectivity index (χ2v) is 4.49. The van der Waals surface area contributed by atoms with Gasteiger partial charge in [0.25, 0.3) is 0 Å². The molecule has 0 radical (unpaired) electrons. The fourth-order valence-electron chi connectivity index (χ4n) is 1.15. The summed E-state index contributed by atoms with van der Waals surface area (Å²) in [5.41, 5.74) is 5.35. The standard InChI is InChI=1S/C11H13Cl2NO/c1-3-11(2,14)10(15)7-5-4-6-8(12)9(7)13/h4-6H,3,14H2,1-2H3. The molecule has 4 heteroatoms. The van der Waals surface area contributed by atoms with Crippen molar-refractivity contribution in [3.8, 4) is 0 Å². The molecule has 0 aliphatic heterocycles. The van der Waals surface area contributed by atoms with Crippen LogP contribution in [0.1, 0.15) is 30.6 Å². The van der Waals surface area contributed by atoms with E-state index in [9.17, 15) is 4.79 Å². The lowest BCUT2D eigenvalue weighted by molar-refractivity contribution is 0.0898. The Morgan fingerprint density at radius 1 is 1.47 bits per heavy atom. The van der Waals surface area contributed by atoms with Crippen molar-refractivity contribution in [2.45, 2.75) is 25.8 Å². The molecule has 0 saturated carbocycles. The van der Waals surface area contributed by atoms with Crippen molar-refractivity contribution in [3.05, 3.63) is 33.8 Å². The Morgan fingerprint density at radius 2 is 2.07 bits per heavy atom. The Kier molecular flexibility index (Phi) is 3.77. The number of nitrogens with two attached hydrogens (primary N) is 1. The van der Waals surface area contributed by atoms with Crippen LogP contribution >= 0.6 is 23.2 Å². The smallest absolute Gasteiger partial charge is 0.183 e. The Balaban J connectivity index is 3.18. The van der Waals surface area contributed by atoms with E-state index in [0.717, 1.165) is 0 Å². The number of rotatable bonds is 3. The van der Waals surface area contributed by atoms with Crippen molar-refractivity contribution in [1.29, 1.82) is 0 Å². The predicted octanol–water partition coefficient (Wildman–Crippen LogP) is 3.30. The number of carbonyl (C=O) groups excluding carboxylic acids is 1. The summed E-state index contributed by atoms with van der Waals surface area (Å²) in [6.45, 7) is 3.54. The Hall–Kier alpha value is -0.570. The molecule has 82 valence electrons. The number of ketones is 1. The van der Waals surface area contributed by atoms with Crippen LogP contribution in [0, 0.1) is 0 Å². The van der Waals surface area contributed by atoms with Crippen molar-refractivity contribution < 1.29 is 4.79 Å². The van der Waals surface area contributed by atoms with Gasteiger partial charge in [-0.25, -0.2) is 0 Å². The van der Waals surface area contributed by atoms with E-state index < -0.39 is 5.54 Å².